The van der Waals surface area contributed by atoms with E-state index in [0.29, 0.717) is 12.6 Å². The second-order valence-electron chi connectivity index (χ2n) is 4.72. The molecule has 0 bridgehead atoms. The minimum absolute atomic E-state index is 0.438. The van der Waals surface area contributed by atoms with Crippen LogP contribution in [0.4, 0.5) is 0 Å². The van der Waals surface area contributed by atoms with E-state index in [1.165, 1.54) is 11.1 Å². The first kappa shape index (κ1) is 13.1. The first-order valence-corrected chi connectivity index (χ1v) is 6.40. The summed E-state index contributed by atoms with van der Waals surface area (Å²) in [5, 5.41) is 3.06. The van der Waals surface area contributed by atoms with Crippen LogP contribution >= 0.6 is 0 Å². The molecule has 1 N–H and O–H groups in total. The van der Waals surface area contributed by atoms with E-state index < -0.39 is 0 Å². The van der Waals surface area contributed by atoms with Gasteiger partial charge in [-0.2, -0.15) is 0 Å². The van der Waals surface area contributed by atoms with Crippen LogP contribution < -0.4 is 5.32 Å². The van der Waals surface area contributed by atoms with E-state index in [-0.39, 0.29) is 0 Å². The topological polar surface area (TPSA) is 39.1 Å². The number of fused-ring (bicyclic) bond motifs is 1. The molecular weight excluding hydrogens is 226 g/mol. The number of benzene rings is 1. The molecule has 0 amide bonds. The standard InChI is InChI=1S/C14H21N3O/c1-11(2)17-10-16-13-8-12(4-5-14(13)17)9-18-7-6-15-3/h4-5,8,10-11,15H,6-7,9H2,1-3H3. The van der Waals surface area contributed by atoms with Crippen molar-refractivity contribution in [1.82, 2.24) is 14.9 Å². The molecular formula is C14H21N3O. The van der Waals surface area contributed by atoms with Crippen LogP contribution in [0.15, 0.2) is 24.5 Å². The Labute approximate surface area is 108 Å². The Kier molecular flexibility index (Phi) is 4.33. The van der Waals surface area contributed by atoms with Crippen LogP contribution in [0, 0.1) is 0 Å². The average molecular weight is 247 g/mol. The number of likely N-dealkylation sites (N-methyl/N-ethyl adjacent to an activating group) is 1. The van der Waals surface area contributed by atoms with Gasteiger partial charge in [-0.3, -0.25) is 0 Å². The zero-order valence-electron chi connectivity index (χ0n) is 11.3. The summed E-state index contributed by atoms with van der Waals surface area (Å²) in [4.78, 5) is 4.44. The quantitative estimate of drug-likeness (QED) is 0.796. The van der Waals surface area contributed by atoms with Crippen LogP contribution in [0.2, 0.25) is 0 Å². The maximum Gasteiger partial charge on any atom is 0.0960 e. The molecule has 0 fully saturated rings. The number of aromatic nitrogens is 2. The lowest BCUT2D eigenvalue weighted by molar-refractivity contribution is 0.124. The summed E-state index contributed by atoms with van der Waals surface area (Å²) in [6, 6.07) is 6.78. The fourth-order valence-corrected chi connectivity index (χ4v) is 1.94. The zero-order valence-corrected chi connectivity index (χ0v) is 11.3. The molecule has 0 radical (unpaired) electrons. The van der Waals surface area contributed by atoms with Crippen LogP contribution in [-0.2, 0) is 11.3 Å². The Hall–Kier alpha value is -1.39. The molecule has 1 aromatic carbocycles. The highest BCUT2D eigenvalue weighted by molar-refractivity contribution is 5.76. The van der Waals surface area contributed by atoms with E-state index in [9.17, 15) is 0 Å². The van der Waals surface area contributed by atoms with Crippen LogP contribution in [0.25, 0.3) is 11.0 Å². The molecule has 0 spiro atoms. The van der Waals surface area contributed by atoms with Gasteiger partial charge < -0.3 is 14.6 Å². The Morgan fingerprint density at radius 1 is 1.39 bits per heavy atom. The second-order valence-corrected chi connectivity index (χ2v) is 4.72. The van der Waals surface area contributed by atoms with E-state index in [2.05, 4.69) is 46.9 Å². The number of hydrogen-bond acceptors (Lipinski definition) is 3. The first-order chi connectivity index (χ1) is 8.72. The molecule has 18 heavy (non-hydrogen) atoms. The minimum Gasteiger partial charge on any atom is -0.375 e. The van der Waals surface area contributed by atoms with Crippen molar-refractivity contribution in [2.45, 2.75) is 26.5 Å². The summed E-state index contributed by atoms with van der Waals surface area (Å²) in [6.45, 7) is 6.58. The largest absolute Gasteiger partial charge is 0.375 e. The van der Waals surface area contributed by atoms with Crippen molar-refractivity contribution < 1.29 is 4.74 Å². The van der Waals surface area contributed by atoms with Gasteiger partial charge in [0.1, 0.15) is 0 Å². The fourth-order valence-electron chi connectivity index (χ4n) is 1.94. The van der Waals surface area contributed by atoms with E-state index in [4.69, 9.17) is 4.74 Å². The number of nitrogens with zero attached hydrogens (tertiary/aromatic N) is 2. The van der Waals surface area contributed by atoms with Gasteiger partial charge in [-0.25, -0.2) is 4.98 Å². The zero-order chi connectivity index (χ0) is 13.0. The normalized spacial score (nSPS) is 11.6. The number of ether oxygens (including phenoxy) is 1. The van der Waals surface area contributed by atoms with Crippen molar-refractivity contribution in [3.63, 3.8) is 0 Å². The Balaban J connectivity index is 2.09. The maximum atomic E-state index is 5.57. The summed E-state index contributed by atoms with van der Waals surface area (Å²) in [5.41, 5.74) is 3.40. The number of nitrogens with one attached hydrogen (secondary N) is 1. The van der Waals surface area contributed by atoms with Gasteiger partial charge in [0.2, 0.25) is 0 Å². The Morgan fingerprint density at radius 3 is 2.94 bits per heavy atom. The van der Waals surface area contributed by atoms with Crippen LogP contribution in [0.1, 0.15) is 25.5 Å². The van der Waals surface area contributed by atoms with Gasteiger partial charge in [0, 0.05) is 12.6 Å². The van der Waals surface area contributed by atoms with Crippen LogP contribution in [0.3, 0.4) is 0 Å². The predicted octanol–water partition coefficient (Wildman–Crippen LogP) is 2.35. The molecule has 0 saturated carbocycles. The van der Waals surface area contributed by atoms with E-state index in [0.717, 1.165) is 18.7 Å². The number of imidazole rings is 1. The molecule has 2 rings (SSSR count). The smallest absolute Gasteiger partial charge is 0.0960 e. The Bertz CT molecular complexity index is 505. The Morgan fingerprint density at radius 2 is 2.22 bits per heavy atom. The minimum atomic E-state index is 0.438. The van der Waals surface area contributed by atoms with Crippen LogP contribution in [0.5, 0.6) is 0 Å². The van der Waals surface area contributed by atoms with Gasteiger partial charge >= 0.3 is 0 Å². The third kappa shape index (κ3) is 2.89. The van der Waals surface area contributed by atoms with E-state index in [1.54, 1.807) is 0 Å². The molecule has 1 heterocycles. The highest BCUT2D eigenvalue weighted by atomic mass is 16.5. The van der Waals surface area contributed by atoms with Gasteiger partial charge in [0.25, 0.3) is 0 Å². The summed E-state index contributed by atoms with van der Waals surface area (Å²) in [5.74, 6) is 0. The van der Waals surface area contributed by atoms with Crippen molar-refractivity contribution in [3.05, 3.63) is 30.1 Å². The van der Waals surface area contributed by atoms with Gasteiger partial charge in [-0.1, -0.05) is 6.07 Å². The maximum absolute atomic E-state index is 5.57. The third-order valence-electron chi connectivity index (χ3n) is 2.96. The molecule has 0 unspecified atom stereocenters. The molecule has 2 aromatic rings. The molecule has 4 heteroatoms. The number of rotatable bonds is 6. The first-order valence-electron chi connectivity index (χ1n) is 6.40. The summed E-state index contributed by atoms with van der Waals surface area (Å²) < 4.78 is 7.75. The van der Waals surface area contributed by atoms with Crippen molar-refractivity contribution in [1.29, 1.82) is 0 Å². The second kappa shape index (κ2) is 5.98. The molecule has 1 aromatic heterocycles. The molecule has 0 aliphatic rings. The van der Waals surface area contributed by atoms with Crippen molar-refractivity contribution in [2.75, 3.05) is 20.2 Å². The van der Waals surface area contributed by atoms with Gasteiger partial charge in [0.05, 0.1) is 30.6 Å². The SMILES string of the molecule is CNCCOCc1ccc2c(c1)ncn2C(C)C. The van der Waals surface area contributed by atoms with Gasteiger partial charge in [-0.05, 0) is 38.6 Å². The highest BCUT2D eigenvalue weighted by Crippen LogP contribution is 2.19. The lowest BCUT2D eigenvalue weighted by Gasteiger charge is -2.08. The van der Waals surface area contributed by atoms with Crippen molar-refractivity contribution in [3.8, 4) is 0 Å². The van der Waals surface area contributed by atoms with Gasteiger partial charge in [-0.15, -0.1) is 0 Å². The summed E-state index contributed by atoms with van der Waals surface area (Å²) in [6.07, 6.45) is 1.90. The van der Waals surface area contributed by atoms with Gasteiger partial charge in [0.15, 0.2) is 0 Å². The van der Waals surface area contributed by atoms with Crippen molar-refractivity contribution >= 4 is 11.0 Å². The molecule has 0 aliphatic carbocycles. The van der Waals surface area contributed by atoms with E-state index in [1.807, 2.05) is 13.4 Å². The highest BCUT2D eigenvalue weighted by Gasteiger charge is 2.06. The molecule has 0 aliphatic heterocycles. The fraction of sp³-hybridized carbons (Fsp3) is 0.500. The lowest BCUT2D eigenvalue weighted by Crippen LogP contribution is -2.13. The average Bonchev–Trinajstić information content (AvgIpc) is 2.77. The predicted molar refractivity (Wildman–Crippen MR) is 73.7 cm³/mol. The van der Waals surface area contributed by atoms with E-state index >= 15 is 0 Å². The molecule has 98 valence electrons. The summed E-state index contributed by atoms with van der Waals surface area (Å²) in [7, 11) is 1.92. The monoisotopic (exact) mass is 247 g/mol. The molecule has 0 saturated heterocycles. The molecule has 0 atom stereocenters. The number of hydrogen-bond donors (Lipinski definition) is 1. The summed E-state index contributed by atoms with van der Waals surface area (Å²) >= 11 is 0. The van der Waals surface area contributed by atoms with Crippen LogP contribution in [-0.4, -0.2) is 29.8 Å². The van der Waals surface area contributed by atoms with Crippen molar-refractivity contribution in [2.24, 2.45) is 0 Å². The lowest BCUT2D eigenvalue weighted by atomic mass is 10.2. The molecule has 4 nitrogen and oxygen atoms in total. The third-order valence-corrected chi connectivity index (χ3v) is 2.96.